The molecule has 2 unspecified atom stereocenters. The van der Waals surface area contributed by atoms with Crippen LogP contribution in [0.2, 0.25) is 0 Å². The normalized spacial score (nSPS) is 24.9. The summed E-state index contributed by atoms with van der Waals surface area (Å²) in [5, 5.41) is 0. The fourth-order valence-electron chi connectivity index (χ4n) is 3.18. The summed E-state index contributed by atoms with van der Waals surface area (Å²) in [6, 6.07) is 6.11. The highest BCUT2D eigenvalue weighted by molar-refractivity contribution is 9.09. The average molecular weight is 338 g/mol. The van der Waals surface area contributed by atoms with E-state index in [2.05, 4.69) is 15.9 Å². The van der Waals surface area contributed by atoms with E-state index in [1.807, 2.05) is 30.1 Å². The fraction of sp³-hybridized carbons (Fsp3) is 0.562. The zero-order chi connectivity index (χ0) is 14.1. The number of alkyl halides is 1. The van der Waals surface area contributed by atoms with E-state index in [0.717, 1.165) is 42.7 Å². The van der Waals surface area contributed by atoms with E-state index in [1.165, 1.54) is 12.8 Å². The topological polar surface area (TPSA) is 29.5 Å². The zero-order valence-corrected chi connectivity index (χ0v) is 13.4. The lowest BCUT2D eigenvalue weighted by Gasteiger charge is -2.35. The van der Waals surface area contributed by atoms with Crippen LogP contribution in [0.1, 0.15) is 41.6 Å². The molecule has 20 heavy (non-hydrogen) atoms. The molecular formula is C16H20BrNO2. The van der Waals surface area contributed by atoms with Gasteiger partial charge in [-0.15, -0.1) is 0 Å². The summed E-state index contributed by atoms with van der Waals surface area (Å²) in [5.74, 6) is 1.05. The molecule has 1 aromatic rings. The van der Waals surface area contributed by atoms with Crippen LogP contribution in [0.3, 0.4) is 0 Å². The van der Waals surface area contributed by atoms with Crippen molar-refractivity contribution in [2.75, 3.05) is 13.7 Å². The van der Waals surface area contributed by atoms with Crippen molar-refractivity contribution >= 4 is 21.8 Å². The maximum absolute atomic E-state index is 12.7. The summed E-state index contributed by atoms with van der Waals surface area (Å²) in [6.07, 6.45) is 5.62. The van der Waals surface area contributed by atoms with E-state index in [9.17, 15) is 4.79 Å². The SMILES string of the molecule is CN(C(=O)c1ccc2c(c1)CCO2)C1CCCCC1Br. The number of nitrogens with zero attached hydrogens (tertiary/aromatic N) is 1. The maximum atomic E-state index is 12.7. The number of ether oxygens (including phenoxy) is 1. The third-order valence-electron chi connectivity index (χ3n) is 4.40. The standard InChI is InChI=1S/C16H20BrNO2/c1-18(14-5-3-2-4-13(14)17)16(19)12-6-7-15-11(10-12)8-9-20-15/h6-7,10,13-14H,2-5,8-9H2,1H3. The van der Waals surface area contributed by atoms with Gasteiger partial charge in [0.15, 0.2) is 0 Å². The second kappa shape index (κ2) is 5.76. The molecule has 1 saturated carbocycles. The smallest absolute Gasteiger partial charge is 0.253 e. The van der Waals surface area contributed by atoms with Crippen molar-refractivity contribution in [2.24, 2.45) is 0 Å². The molecule has 3 rings (SSSR count). The van der Waals surface area contributed by atoms with Crippen LogP contribution in [0, 0.1) is 0 Å². The Bertz CT molecular complexity index is 517. The molecule has 0 radical (unpaired) electrons. The average Bonchev–Trinajstić information content (AvgIpc) is 2.93. The van der Waals surface area contributed by atoms with Gasteiger partial charge in [0.1, 0.15) is 5.75 Å². The van der Waals surface area contributed by atoms with Gasteiger partial charge in [-0.3, -0.25) is 4.79 Å². The first-order valence-electron chi connectivity index (χ1n) is 7.34. The Morgan fingerprint density at radius 2 is 2.15 bits per heavy atom. The first-order chi connectivity index (χ1) is 9.66. The van der Waals surface area contributed by atoms with E-state index < -0.39 is 0 Å². The zero-order valence-electron chi connectivity index (χ0n) is 11.8. The van der Waals surface area contributed by atoms with Crippen LogP contribution in [0.4, 0.5) is 0 Å². The molecule has 1 heterocycles. The number of benzene rings is 1. The lowest BCUT2D eigenvalue weighted by atomic mass is 9.94. The van der Waals surface area contributed by atoms with Crippen LogP contribution < -0.4 is 4.74 Å². The van der Waals surface area contributed by atoms with Gasteiger partial charge in [-0.2, -0.15) is 0 Å². The van der Waals surface area contributed by atoms with Crippen molar-refractivity contribution in [3.8, 4) is 5.75 Å². The first kappa shape index (κ1) is 13.9. The number of hydrogen-bond donors (Lipinski definition) is 0. The number of carbonyl (C=O) groups is 1. The number of hydrogen-bond acceptors (Lipinski definition) is 2. The lowest BCUT2D eigenvalue weighted by molar-refractivity contribution is 0.0704. The van der Waals surface area contributed by atoms with Gasteiger partial charge >= 0.3 is 0 Å². The number of halogens is 1. The third-order valence-corrected chi connectivity index (χ3v) is 5.47. The van der Waals surface area contributed by atoms with E-state index in [4.69, 9.17) is 4.74 Å². The fourth-order valence-corrected chi connectivity index (χ4v) is 4.12. The molecular weight excluding hydrogens is 318 g/mol. The number of rotatable bonds is 2. The van der Waals surface area contributed by atoms with Gasteiger partial charge in [-0.05, 0) is 36.6 Å². The minimum atomic E-state index is 0.121. The summed E-state index contributed by atoms with van der Waals surface area (Å²) in [6.45, 7) is 0.731. The molecule has 3 nitrogen and oxygen atoms in total. The minimum Gasteiger partial charge on any atom is -0.493 e. The Morgan fingerprint density at radius 1 is 1.35 bits per heavy atom. The molecule has 0 bridgehead atoms. The van der Waals surface area contributed by atoms with Crippen molar-refractivity contribution in [1.82, 2.24) is 4.90 Å². The van der Waals surface area contributed by atoms with Gasteiger partial charge < -0.3 is 9.64 Å². The van der Waals surface area contributed by atoms with Crippen LogP contribution in [-0.4, -0.2) is 35.3 Å². The van der Waals surface area contributed by atoms with Crippen molar-refractivity contribution in [1.29, 1.82) is 0 Å². The van der Waals surface area contributed by atoms with Gasteiger partial charge in [-0.25, -0.2) is 0 Å². The minimum absolute atomic E-state index is 0.121. The summed E-state index contributed by atoms with van der Waals surface area (Å²) in [5.41, 5.74) is 1.94. The van der Waals surface area contributed by atoms with Gasteiger partial charge in [0.05, 0.1) is 6.61 Å². The Kier molecular flexibility index (Phi) is 4.01. The summed E-state index contributed by atoms with van der Waals surface area (Å²) in [7, 11) is 1.93. The molecule has 108 valence electrons. The lowest BCUT2D eigenvalue weighted by Crippen LogP contribution is -2.44. The highest BCUT2D eigenvalue weighted by Crippen LogP contribution is 2.30. The Morgan fingerprint density at radius 3 is 2.95 bits per heavy atom. The number of carbonyl (C=O) groups excluding carboxylic acids is 1. The third kappa shape index (κ3) is 2.58. The predicted molar refractivity (Wildman–Crippen MR) is 82.7 cm³/mol. The summed E-state index contributed by atoms with van der Waals surface area (Å²) >= 11 is 3.73. The van der Waals surface area contributed by atoms with Crippen molar-refractivity contribution < 1.29 is 9.53 Å². The summed E-state index contributed by atoms with van der Waals surface area (Å²) < 4.78 is 5.49. The van der Waals surface area contributed by atoms with Gasteiger partial charge in [0.2, 0.25) is 0 Å². The second-order valence-electron chi connectivity index (χ2n) is 5.70. The second-order valence-corrected chi connectivity index (χ2v) is 6.88. The van der Waals surface area contributed by atoms with Crippen LogP contribution in [-0.2, 0) is 6.42 Å². The van der Waals surface area contributed by atoms with E-state index in [0.29, 0.717) is 10.9 Å². The molecule has 0 saturated heterocycles. The molecule has 2 atom stereocenters. The van der Waals surface area contributed by atoms with Crippen molar-refractivity contribution in [2.45, 2.75) is 43.0 Å². The molecule has 0 N–H and O–H groups in total. The molecule has 1 aromatic carbocycles. The van der Waals surface area contributed by atoms with Crippen LogP contribution in [0.5, 0.6) is 5.75 Å². The molecule has 1 aliphatic heterocycles. The molecule has 1 amide bonds. The molecule has 0 spiro atoms. The van der Waals surface area contributed by atoms with Crippen molar-refractivity contribution in [3.05, 3.63) is 29.3 Å². The first-order valence-corrected chi connectivity index (χ1v) is 8.25. The van der Waals surface area contributed by atoms with Gasteiger partial charge in [-0.1, -0.05) is 28.8 Å². The van der Waals surface area contributed by atoms with Crippen molar-refractivity contribution in [3.63, 3.8) is 0 Å². The molecule has 0 aromatic heterocycles. The van der Waals surface area contributed by atoms with Gasteiger partial charge in [0, 0.05) is 29.9 Å². The summed E-state index contributed by atoms with van der Waals surface area (Å²) in [4.78, 5) is 15.0. The molecule has 4 heteroatoms. The van der Waals surface area contributed by atoms with E-state index in [1.54, 1.807) is 0 Å². The monoisotopic (exact) mass is 337 g/mol. The van der Waals surface area contributed by atoms with E-state index >= 15 is 0 Å². The van der Waals surface area contributed by atoms with Crippen LogP contribution in [0.15, 0.2) is 18.2 Å². The molecule has 1 fully saturated rings. The maximum Gasteiger partial charge on any atom is 0.253 e. The highest BCUT2D eigenvalue weighted by atomic mass is 79.9. The van der Waals surface area contributed by atoms with E-state index in [-0.39, 0.29) is 5.91 Å². The van der Waals surface area contributed by atoms with Crippen LogP contribution in [0.25, 0.3) is 0 Å². The molecule has 1 aliphatic carbocycles. The van der Waals surface area contributed by atoms with Crippen LogP contribution >= 0.6 is 15.9 Å². The Balaban J connectivity index is 1.77. The quantitative estimate of drug-likeness (QED) is 0.774. The largest absolute Gasteiger partial charge is 0.493 e. The van der Waals surface area contributed by atoms with Gasteiger partial charge in [0.25, 0.3) is 5.91 Å². The highest BCUT2D eigenvalue weighted by Gasteiger charge is 2.29. The predicted octanol–water partition coefficient (Wildman–Crippen LogP) is 3.40. The number of amides is 1. The Labute approximate surface area is 128 Å². The molecule has 2 aliphatic rings. The Hall–Kier alpha value is -1.03. The number of fused-ring (bicyclic) bond motifs is 1.